The minimum atomic E-state index is -0.473. The van der Waals surface area contributed by atoms with Crippen LogP contribution < -0.4 is 4.74 Å². The Morgan fingerprint density at radius 1 is 1.16 bits per heavy atom. The average molecular weight is 800 g/mol. The number of aryl methyl sites for hydroxylation is 2. The topological polar surface area (TPSA) is 114 Å². The second-order valence-electron chi connectivity index (χ2n) is 14.4. The van der Waals surface area contributed by atoms with Crippen LogP contribution in [0.25, 0.3) is 28.1 Å². The van der Waals surface area contributed by atoms with Crippen LogP contribution in [0.2, 0.25) is 0 Å². The number of likely N-dealkylation sites (N-methyl/N-ethyl adjacent to an activating group) is 1. The van der Waals surface area contributed by atoms with Crippen molar-refractivity contribution in [2.45, 2.75) is 104 Å². The predicted octanol–water partition coefficient (Wildman–Crippen LogP) is 6.17. The normalized spacial score (nSPS) is 19.7. The molecule has 0 unspecified atom stereocenters. The van der Waals surface area contributed by atoms with Gasteiger partial charge in [-0.05, 0) is 114 Å². The molecule has 0 bridgehead atoms. The van der Waals surface area contributed by atoms with E-state index in [-0.39, 0.29) is 18.9 Å². The third-order valence-electron chi connectivity index (χ3n) is 10.1. The molecule has 0 amide bonds. The number of hydrogen-bond acceptors (Lipinski definition) is 9. The highest BCUT2D eigenvalue weighted by Crippen LogP contribution is 2.38. The Morgan fingerprint density at radius 3 is 2.60 bits per heavy atom. The maximum atomic E-state index is 9.58. The van der Waals surface area contributed by atoms with Gasteiger partial charge in [0.1, 0.15) is 6.10 Å². The van der Waals surface area contributed by atoms with Gasteiger partial charge in [0, 0.05) is 38.3 Å². The summed E-state index contributed by atoms with van der Waals surface area (Å²) in [6.45, 7) is 18.0. The molecule has 3 aromatic heterocycles. The van der Waals surface area contributed by atoms with E-state index in [2.05, 4.69) is 92.3 Å². The molecule has 270 valence electrons. The van der Waals surface area contributed by atoms with Crippen LogP contribution in [0.3, 0.4) is 0 Å². The van der Waals surface area contributed by atoms with E-state index in [9.17, 15) is 5.11 Å². The van der Waals surface area contributed by atoms with Gasteiger partial charge in [0.05, 0.1) is 56.1 Å². The fraction of sp³-hybridized carbons (Fsp3) is 0.583. The van der Waals surface area contributed by atoms with Crippen molar-refractivity contribution in [3.63, 3.8) is 0 Å². The molecule has 12 nitrogen and oxygen atoms in total. The molecular weight excluding hydrogens is 748 g/mol. The summed E-state index contributed by atoms with van der Waals surface area (Å²) in [6, 6.07) is 6.41. The number of nitrogens with zero attached hydrogens (tertiary/aromatic N) is 7. The molecule has 2 aliphatic rings. The van der Waals surface area contributed by atoms with Gasteiger partial charge in [-0.3, -0.25) is 14.3 Å². The molecule has 2 atom stereocenters. The van der Waals surface area contributed by atoms with Gasteiger partial charge < -0.3 is 23.9 Å². The van der Waals surface area contributed by atoms with Crippen LogP contribution in [0.5, 0.6) is 5.88 Å². The zero-order valence-electron chi connectivity index (χ0n) is 30.6. The van der Waals surface area contributed by atoms with Crippen molar-refractivity contribution in [3.8, 4) is 17.0 Å². The van der Waals surface area contributed by atoms with Crippen LogP contribution >= 0.6 is 22.6 Å². The fourth-order valence-corrected chi connectivity index (χ4v) is 7.19. The summed E-state index contributed by atoms with van der Waals surface area (Å²) >= 11 is 2.36. The van der Waals surface area contributed by atoms with Gasteiger partial charge in [-0.15, -0.1) is 5.10 Å². The monoisotopic (exact) mass is 799 g/mol. The Bertz CT molecular complexity index is 1810. The first-order valence-corrected chi connectivity index (χ1v) is 18.8. The van der Waals surface area contributed by atoms with Crippen LogP contribution in [-0.2, 0) is 34.2 Å². The van der Waals surface area contributed by atoms with E-state index in [0.29, 0.717) is 25.5 Å². The number of hydrogen-bond donors (Lipinski definition) is 1. The van der Waals surface area contributed by atoms with E-state index in [1.165, 1.54) is 0 Å². The quantitative estimate of drug-likeness (QED) is 0.125. The van der Waals surface area contributed by atoms with Crippen LogP contribution in [-0.4, -0.2) is 90.1 Å². The molecule has 0 spiro atoms. The van der Waals surface area contributed by atoms with Gasteiger partial charge in [0.15, 0.2) is 6.23 Å². The zero-order chi connectivity index (χ0) is 35.8. The average Bonchev–Trinajstić information content (AvgIpc) is 3.76. The van der Waals surface area contributed by atoms with Crippen molar-refractivity contribution >= 4 is 46.7 Å². The summed E-state index contributed by atoms with van der Waals surface area (Å²) in [5.41, 5.74) is 5.00. The lowest BCUT2D eigenvalue weighted by molar-refractivity contribution is -0.0367. The van der Waals surface area contributed by atoms with Crippen molar-refractivity contribution in [3.05, 3.63) is 51.0 Å². The Morgan fingerprint density at radius 2 is 1.92 bits per heavy atom. The minimum absolute atomic E-state index is 0.0526. The van der Waals surface area contributed by atoms with E-state index < -0.39 is 18.3 Å². The zero-order valence-corrected chi connectivity index (χ0v) is 32.8. The molecule has 2 fully saturated rings. The van der Waals surface area contributed by atoms with Crippen molar-refractivity contribution in [2.75, 3.05) is 26.3 Å². The molecule has 14 heteroatoms. The summed E-state index contributed by atoms with van der Waals surface area (Å²) in [5.74, 6) is 2.54. The smallest absolute Gasteiger partial charge is 0.472 e. The third kappa shape index (κ3) is 7.70. The standard InChI is InChI=1S/C36H51BIN7O5/c1-9-43(23-31-33(38)25(3)39-44(31)17-18-46)21-24(2)48-34-28(22-42(8)41-34)26-13-14-30-27(20-26)29(40-45(30)32-12-10-11-19-47-32)15-16-37-49-35(4,5)36(6,7)50-37/h13-16,20,22,24,32,46H,9-12,17-19,21,23H2,1-8H3/b16-15+/t24-,32-/m0/s1. The number of aliphatic hydroxyl groups is 1. The fourth-order valence-electron chi connectivity index (χ4n) is 6.63. The predicted molar refractivity (Wildman–Crippen MR) is 204 cm³/mol. The molecule has 1 N–H and O–H groups in total. The number of aromatic nitrogens is 6. The second kappa shape index (κ2) is 15.1. The van der Waals surface area contributed by atoms with E-state index in [4.69, 9.17) is 29.0 Å². The lowest BCUT2D eigenvalue weighted by Gasteiger charge is -2.32. The molecule has 2 saturated heterocycles. The van der Waals surface area contributed by atoms with Gasteiger partial charge >= 0.3 is 7.12 Å². The molecule has 6 rings (SSSR count). The number of aliphatic hydroxyl groups excluding tert-OH is 1. The molecule has 4 aromatic rings. The van der Waals surface area contributed by atoms with Crippen LogP contribution in [0.1, 0.15) is 84.1 Å². The van der Waals surface area contributed by atoms with E-state index in [0.717, 1.165) is 75.1 Å². The number of benzene rings is 1. The maximum absolute atomic E-state index is 9.58. The second-order valence-corrected chi connectivity index (χ2v) is 15.5. The van der Waals surface area contributed by atoms with Crippen molar-refractivity contribution in [2.24, 2.45) is 7.05 Å². The van der Waals surface area contributed by atoms with E-state index in [1.807, 2.05) is 41.6 Å². The number of fused-ring (bicyclic) bond motifs is 1. The summed E-state index contributed by atoms with van der Waals surface area (Å²) < 4.78 is 32.1. The number of rotatable bonds is 13. The minimum Gasteiger partial charge on any atom is -0.472 e. The largest absolute Gasteiger partial charge is 0.487 e. The first-order chi connectivity index (χ1) is 23.8. The molecule has 2 aliphatic heterocycles. The van der Waals surface area contributed by atoms with Crippen LogP contribution in [0, 0.1) is 10.5 Å². The van der Waals surface area contributed by atoms with Gasteiger partial charge in [0.2, 0.25) is 5.88 Å². The summed E-state index contributed by atoms with van der Waals surface area (Å²) in [7, 11) is 1.45. The van der Waals surface area contributed by atoms with Gasteiger partial charge in [-0.25, -0.2) is 4.68 Å². The lowest BCUT2D eigenvalue weighted by Crippen LogP contribution is -2.41. The van der Waals surface area contributed by atoms with Crippen molar-refractivity contribution in [1.29, 1.82) is 0 Å². The summed E-state index contributed by atoms with van der Waals surface area (Å²) in [5, 5.41) is 25.0. The van der Waals surface area contributed by atoms with Gasteiger partial charge in [-0.2, -0.15) is 10.2 Å². The van der Waals surface area contributed by atoms with Crippen molar-refractivity contribution < 1.29 is 23.9 Å². The summed E-state index contributed by atoms with van der Waals surface area (Å²) in [4.78, 5) is 2.34. The van der Waals surface area contributed by atoms with Crippen LogP contribution in [0.4, 0.5) is 0 Å². The molecule has 5 heterocycles. The van der Waals surface area contributed by atoms with Gasteiger partial charge in [-0.1, -0.05) is 19.0 Å². The molecule has 0 aliphatic carbocycles. The Balaban J connectivity index is 1.26. The SMILES string of the molecule is CCN(Cc1c(I)c(C)nn1CCO)C[C@H](C)Oc1nn(C)cc1-c1ccc2c(c1)c(/C=C/B1OC(C)(C)C(C)(C)O1)nn2[C@@H]1CCCCO1. The lowest BCUT2D eigenvalue weighted by atomic mass is 9.89. The molecule has 50 heavy (non-hydrogen) atoms. The molecule has 0 saturated carbocycles. The van der Waals surface area contributed by atoms with Gasteiger partial charge in [0.25, 0.3) is 0 Å². The van der Waals surface area contributed by atoms with Crippen LogP contribution in [0.15, 0.2) is 30.4 Å². The highest BCUT2D eigenvalue weighted by molar-refractivity contribution is 14.1. The summed E-state index contributed by atoms with van der Waals surface area (Å²) in [6.07, 6.45) is 6.88. The Labute approximate surface area is 309 Å². The number of halogens is 1. The number of ether oxygens (including phenoxy) is 2. The molecular formula is C36H51BIN7O5. The first kappa shape index (κ1) is 37.0. The Kier molecular flexibility index (Phi) is 11.2. The molecule has 1 aromatic carbocycles. The maximum Gasteiger partial charge on any atom is 0.487 e. The highest BCUT2D eigenvalue weighted by atomic mass is 127. The Hall–Kier alpha value is -2.76. The van der Waals surface area contributed by atoms with E-state index >= 15 is 0 Å². The first-order valence-electron chi connectivity index (χ1n) is 17.7. The van der Waals surface area contributed by atoms with Crippen molar-refractivity contribution in [1.82, 2.24) is 34.2 Å². The molecule has 0 radical (unpaired) electrons. The highest BCUT2D eigenvalue weighted by Gasteiger charge is 2.50. The van der Waals surface area contributed by atoms with E-state index in [1.54, 1.807) is 4.68 Å². The third-order valence-corrected chi connectivity index (χ3v) is 11.5.